The molecule has 0 aromatic carbocycles. The molecule has 0 amide bonds. The summed E-state index contributed by atoms with van der Waals surface area (Å²) in [7, 11) is 0. The van der Waals surface area contributed by atoms with Gasteiger partial charge in [0.1, 0.15) is 11.6 Å². The first-order valence-electron chi connectivity index (χ1n) is 4.65. The molecule has 2 rings (SSSR count). The standard InChI is InChI=1S/C11H12N2O/c1-9-8-10(14)5-7-13(9)11-4-2-3-6-12-11/h2-4,6H,1,5,7-8H2. The number of nitrogens with zero attached hydrogens (tertiary/aromatic N) is 2. The van der Waals surface area contributed by atoms with Gasteiger partial charge in [-0.2, -0.15) is 0 Å². The highest BCUT2D eigenvalue weighted by molar-refractivity contribution is 5.84. The average Bonchev–Trinajstić information content (AvgIpc) is 2.19. The zero-order valence-electron chi connectivity index (χ0n) is 7.94. The first-order valence-corrected chi connectivity index (χ1v) is 4.65. The van der Waals surface area contributed by atoms with E-state index >= 15 is 0 Å². The topological polar surface area (TPSA) is 33.2 Å². The number of carbonyl (C=O) groups is 1. The maximum Gasteiger partial charge on any atom is 0.140 e. The van der Waals surface area contributed by atoms with Gasteiger partial charge in [0.25, 0.3) is 0 Å². The Hall–Kier alpha value is -1.64. The van der Waals surface area contributed by atoms with Crippen molar-refractivity contribution in [3.63, 3.8) is 0 Å². The van der Waals surface area contributed by atoms with Crippen molar-refractivity contribution in [2.45, 2.75) is 12.8 Å². The summed E-state index contributed by atoms with van der Waals surface area (Å²) in [6.45, 7) is 4.59. The predicted octanol–water partition coefficient (Wildman–Crippen LogP) is 1.76. The van der Waals surface area contributed by atoms with Gasteiger partial charge in [0, 0.05) is 31.3 Å². The summed E-state index contributed by atoms with van der Waals surface area (Å²) in [6, 6.07) is 5.74. The Balaban J connectivity index is 2.20. The van der Waals surface area contributed by atoms with Crippen molar-refractivity contribution in [1.29, 1.82) is 0 Å². The van der Waals surface area contributed by atoms with Crippen molar-refractivity contribution >= 4 is 11.6 Å². The lowest BCUT2D eigenvalue weighted by Crippen LogP contribution is -2.31. The van der Waals surface area contributed by atoms with Crippen molar-refractivity contribution in [2.24, 2.45) is 0 Å². The van der Waals surface area contributed by atoms with Crippen molar-refractivity contribution in [3.8, 4) is 0 Å². The molecule has 0 atom stereocenters. The van der Waals surface area contributed by atoms with Crippen molar-refractivity contribution in [3.05, 3.63) is 36.7 Å². The van der Waals surface area contributed by atoms with E-state index in [0.29, 0.717) is 19.4 Å². The van der Waals surface area contributed by atoms with Crippen LogP contribution in [-0.2, 0) is 4.79 Å². The van der Waals surface area contributed by atoms with Crippen LogP contribution in [0.15, 0.2) is 36.7 Å². The number of pyridine rings is 1. The Labute approximate surface area is 83.1 Å². The molecular formula is C11H12N2O. The van der Waals surface area contributed by atoms with Crippen LogP contribution in [0.25, 0.3) is 0 Å². The van der Waals surface area contributed by atoms with Crippen LogP contribution in [-0.4, -0.2) is 17.3 Å². The number of aromatic nitrogens is 1. The zero-order chi connectivity index (χ0) is 9.97. The van der Waals surface area contributed by atoms with Crippen LogP contribution < -0.4 is 4.90 Å². The van der Waals surface area contributed by atoms with E-state index in [9.17, 15) is 4.79 Å². The summed E-state index contributed by atoms with van der Waals surface area (Å²) in [6.07, 6.45) is 2.80. The van der Waals surface area contributed by atoms with Gasteiger partial charge >= 0.3 is 0 Å². The quantitative estimate of drug-likeness (QED) is 0.673. The number of hydrogen-bond donors (Lipinski definition) is 0. The predicted molar refractivity (Wildman–Crippen MR) is 55.0 cm³/mol. The van der Waals surface area contributed by atoms with Crippen LogP contribution in [0.4, 0.5) is 5.82 Å². The van der Waals surface area contributed by atoms with Gasteiger partial charge in [-0.15, -0.1) is 0 Å². The van der Waals surface area contributed by atoms with Crippen molar-refractivity contribution < 1.29 is 4.79 Å². The largest absolute Gasteiger partial charge is 0.330 e. The summed E-state index contributed by atoms with van der Waals surface area (Å²) in [5, 5.41) is 0. The minimum atomic E-state index is 0.266. The minimum absolute atomic E-state index is 0.266. The van der Waals surface area contributed by atoms with E-state index in [2.05, 4.69) is 11.6 Å². The molecule has 0 N–H and O–H groups in total. The summed E-state index contributed by atoms with van der Waals surface area (Å²) in [5.74, 6) is 1.15. The maximum atomic E-state index is 11.1. The molecule has 2 heterocycles. The highest BCUT2D eigenvalue weighted by Gasteiger charge is 2.20. The van der Waals surface area contributed by atoms with E-state index in [4.69, 9.17) is 0 Å². The third-order valence-electron chi connectivity index (χ3n) is 2.32. The second-order valence-electron chi connectivity index (χ2n) is 3.37. The van der Waals surface area contributed by atoms with Crippen LogP contribution in [0.1, 0.15) is 12.8 Å². The van der Waals surface area contributed by atoms with Crippen LogP contribution in [0.5, 0.6) is 0 Å². The second kappa shape index (κ2) is 3.62. The SMILES string of the molecule is C=C1CC(=O)CCN1c1ccccn1. The molecule has 72 valence electrons. The van der Waals surface area contributed by atoms with Gasteiger partial charge in [0.2, 0.25) is 0 Å². The van der Waals surface area contributed by atoms with Gasteiger partial charge < -0.3 is 4.90 Å². The van der Waals surface area contributed by atoms with E-state index in [0.717, 1.165) is 11.5 Å². The molecule has 1 aliphatic heterocycles. The fraction of sp³-hybridized carbons (Fsp3) is 0.273. The number of piperidine rings is 1. The highest BCUT2D eigenvalue weighted by Crippen LogP contribution is 2.22. The van der Waals surface area contributed by atoms with Crippen molar-refractivity contribution in [1.82, 2.24) is 4.98 Å². The monoisotopic (exact) mass is 188 g/mol. The van der Waals surface area contributed by atoms with Gasteiger partial charge in [0.15, 0.2) is 0 Å². The van der Waals surface area contributed by atoms with Gasteiger partial charge in [-0.05, 0) is 12.1 Å². The lowest BCUT2D eigenvalue weighted by Gasteiger charge is -2.29. The molecule has 0 spiro atoms. The van der Waals surface area contributed by atoms with Crippen molar-refractivity contribution in [2.75, 3.05) is 11.4 Å². The Morgan fingerprint density at radius 2 is 2.29 bits per heavy atom. The number of ketones is 1. The normalized spacial score (nSPS) is 17.3. The van der Waals surface area contributed by atoms with Crippen LogP contribution in [0, 0.1) is 0 Å². The molecule has 3 nitrogen and oxygen atoms in total. The third kappa shape index (κ3) is 1.66. The Morgan fingerprint density at radius 1 is 1.43 bits per heavy atom. The second-order valence-corrected chi connectivity index (χ2v) is 3.37. The van der Waals surface area contributed by atoms with E-state index in [1.165, 1.54) is 0 Å². The van der Waals surface area contributed by atoms with Gasteiger partial charge in [0.05, 0.1) is 0 Å². The highest BCUT2D eigenvalue weighted by atomic mass is 16.1. The summed E-state index contributed by atoms with van der Waals surface area (Å²) < 4.78 is 0. The van der Waals surface area contributed by atoms with Gasteiger partial charge in [-0.1, -0.05) is 12.6 Å². The van der Waals surface area contributed by atoms with Gasteiger partial charge in [-0.3, -0.25) is 4.79 Å². The van der Waals surface area contributed by atoms with Crippen LogP contribution in [0.2, 0.25) is 0 Å². The van der Waals surface area contributed by atoms with E-state index < -0.39 is 0 Å². The molecule has 1 saturated heterocycles. The van der Waals surface area contributed by atoms with E-state index in [1.807, 2.05) is 23.1 Å². The summed E-state index contributed by atoms with van der Waals surface area (Å²) in [4.78, 5) is 17.4. The average molecular weight is 188 g/mol. The molecule has 1 aromatic heterocycles. The van der Waals surface area contributed by atoms with Crippen LogP contribution >= 0.6 is 0 Å². The molecule has 1 aliphatic rings. The van der Waals surface area contributed by atoms with E-state index in [-0.39, 0.29) is 5.78 Å². The molecule has 0 radical (unpaired) electrons. The lowest BCUT2D eigenvalue weighted by atomic mass is 10.1. The first kappa shape index (κ1) is 8.94. The number of allylic oxidation sites excluding steroid dienone is 1. The molecule has 3 heteroatoms. The Morgan fingerprint density at radius 3 is 2.93 bits per heavy atom. The number of carbonyl (C=O) groups excluding carboxylic acids is 1. The molecule has 0 bridgehead atoms. The summed E-state index contributed by atoms with van der Waals surface area (Å²) >= 11 is 0. The maximum absolute atomic E-state index is 11.1. The number of anilines is 1. The molecule has 1 aromatic rings. The zero-order valence-corrected chi connectivity index (χ0v) is 7.94. The number of Topliss-reactive ketones (excluding diaryl/α,β-unsaturated/α-hetero) is 1. The Kier molecular flexibility index (Phi) is 2.31. The molecule has 0 aliphatic carbocycles. The van der Waals surface area contributed by atoms with Crippen LogP contribution in [0.3, 0.4) is 0 Å². The molecular weight excluding hydrogens is 176 g/mol. The first-order chi connectivity index (χ1) is 6.77. The number of rotatable bonds is 1. The molecule has 0 saturated carbocycles. The lowest BCUT2D eigenvalue weighted by molar-refractivity contribution is -0.118. The molecule has 1 fully saturated rings. The minimum Gasteiger partial charge on any atom is -0.330 e. The van der Waals surface area contributed by atoms with E-state index in [1.54, 1.807) is 6.20 Å². The number of hydrogen-bond acceptors (Lipinski definition) is 3. The van der Waals surface area contributed by atoms with Gasteiger partial charge in [-0.25, -0.2) is 4.98 Å². The fourth-order valence-electron chi connectivity index (χ4n) is 1.60. The summed E-state index contributed by atoms with van der Waals surface area (Å²) in [5.41, 5.74) is 0.847. The molecule has 14 heavy (non-hydrogen) atoms. The molecule has 0 unspecified atom stereocenters. The smallest absolute Gasteiger partial charge is 0.140 e. The Bertz CT molecular complexity index is 359. The fourth-order valence-corrected chi connectivity index (χ4v) is 1.60. The third-order valence-corrected chi connectivity index (χ3v) is 2.32.